The van der Waals surface area contributed by atoms with Gasteiger partial charge in [0.2, 0.25) is 0 Å². The average molecular weight is 210 g/mol. The molecule has 2 bridgehead atoms. The van der Waals surface area contributed by atoms with Crippen molar-refractivity contribution in [2.75, 3.05) is 7.11 Å². The minimum atomic E-state index is 0.547. The molecule has 0 aliphatic heterocycles. The number of hydrogen-bond donors (Lipinski definition) is 0. The van der Waals surface area contributed by atoms with Gasteiger partial charge in [0.05, 0.1) is 7.11 Å². The molecule has 0 saturated heterocycles. The van der Waals surface area contributed by atoms with E-state index < -0.39 is 0 Å². The third kappa shape index (κ3) is 0.835. The molecular weight excluding hydrogens is 196 g/mol. The standard InChI is InChI=1S/C15H14O/c1-16-14-4-2-3-12-10-7-8-13(15(12)14)11-6-5-9(10)11/h2-11,13H,1H3/t9-,10+,11+,13-/m1/s1. The number of allylic oxidation sites excluding steroid dienone is 4. The van der Waals surface area contributed by atoms with E-state index in [4.69, 9.17) is 4.74 Å². The van der Waals surface area contributed by atoms with Crippen LogP contribution in [0.3, 0.4) is 0 Å². The summed E-state index contributed by atoms with van der Waals surface area (Å²) in [7, 11) is 1.77. The van der Waals surface area contributed by atoms with E-state index in [0.717, 1.165) is 17.6 Å². The van der Waals surface area contributed by atoms with Gasteiger partial charge in [0, 0.05) is 17.4 Å². The summed E-state index contributed by atoms with van der Waals surface area (Å²) in [6.45, 7) is 0. The van der Waals surface area contributed by atoms with Crippen molar-refractivity contribution in [3.8, 4) is 5.75 Å². The molecule has 1 heteroatoms. The topological polar surface area (TPSA) is 9.23 Å². The van der Waals surface area contributed by atoms with Gasteiger partial charge in [0.15, 0.2) is 0 Å². The van der Waals surface area contributed by atoms with E-state index in [9.17, 15) is 0 Å². The van der Waals surface area contributed by atoms with Gasteiger partial charge in [-0.3, -0.25) is 0 Å². The highest BCUT2D eigenvalue weighted by atomic mass is 16.5. The Bertz CT molecular complexity index is 512. The highest BCUT2D eigenvalue weighted by molar-refractivity contribution is 5.56. The zero-order valence-corrected chi connectivity index (χ0v) is 9.26. The normalized spacial score (nSPS) is 36.6. The first-order valence-electron chi connectivity index (χ1n) is 5.93. The minimum absolute atomic E-state index is 0.547. The van der Waals surface area contributed by atoms with E-state index in [1.165, 1.54) is 11.1 Å². The summed E-state index contributed by atoms with van der Waals surface area (Å²) in [5, 5.41) is 0. The third-order valence-corrected chi connectivity index (χ3v) is 4.37. The highest BCUT2D eigenvalue weighted by Crippen LogP contribution is 2.58. The molecular formula is C15H14O. The van der Waals surface area contributed by atoms with Crippen molar-refractivity contribution in [1.82, 2.24) is 0 Å². The van der Waals surface area contributed by atoms with Crippen molar-refractivity contribution in [1.29, 1.82) is 0 Å². The highest BCUT2D eigenvalue weighted by Gasteiger charge is 2.46. The van der Waals surface area contributed by atoms with Crippen LogP contribution in [0.25, 0.3) is 0 Å². The van der Waals surface area contributed by atoms with Crippen LogP contribution < -0.4 is 4.74 Å². The second-order valence-electron chi connectivity index (χ2n) is 4.94. The molecule has 0 aromatic heterocycles. The molecule has 4 aliphatic rings. The number of methoxy groups -OCH3 is 1. The van der Waals surface area contributed by atoms with Gasteiger partial charge in [0.1, 0.15) is 5.75 Å². The molecule has 16 heavy (non-hydrogen) atoms. The molecule has 0 amide bonds. The molecule has 1 aromatic rings. The van der Waals surface area contributed by atoms with Gasteiger partial charge in [0.25, 0.3) is 0 Å². The zero-order chi connectivity index (χ0) is 10.7. The molecule has 4 aliphatic carbocycles. The maximum absolute atomic E-state index is 5.51. The van der Waals surface area contributed by atoms with Gasteiger partial charge >= 0.3 is 0 Å². The van der Waals surface area contributed by atoms with Crippen molar-refractivity contribution < 1.29 is 4.74 Å². The van der Waals surface area contributed by atoms with Crippen LogP contribution in [0.2, 0.25) is 0 Å². The lowest BCUT2D eigenvalue weighted by atomic mass is 9.55. The maximum atomic E-state index is 5.51. The van der Waals surface area contributed by atoms with Crippen LogP contribution in [0.5, 0.6) is 5.75 Å². The fraction of sp³-hybridized carbons (Fsp3) is 0.333. The van der Waals surface area contributed by atoms with Crippen LogP contribution in [0.4, 0.5) is 0 Å². The zero-order valence-electron chi connectivity index (χ0n) is 9.26. The minimum Gasteiger partial charge on any atom is -0.496 e. The molecule has 5 rings (SSSR count). The molecule has 4 atom stereocenters. The summed E-state index contributed by atoms with van der Waals surface area (Å²) < 4.78 is 5.51. The van der Waals surface area contributed by atoms with E-state index in [-0.39, 0.29) is 0 Å². The van der Waals surface area contributed by atoms with E-state index in [1.54, 1.807) is 7.11 Å². The molecule has 0 radical (unpaired) electrons. The molecule has 0 spiro atoms. The van der Waals surface area contributed by atoms with Crippen LogP contribution in [0, 0.1) is 11.8 Å². The van der Waals surface area contributed by atoms with Crippen LogP contribution in [0.1, 0.15) is 23.0 Å². The first-order chi connectivity index (χ1) is 7.90. The number of rotatable bonds is 1. The molecule has 0 fully saturated rings. The number of ether oxygens (including phenoxy) is 1. The molecule has 0 unspecified atom stereocenters. The second kappa shape index (κ2) is 2.79. The SMILES string of the molecule is COc1cccc2c1[C@@H]1C=C[C@H]2[C@H]2C=C[C@@H]21. The predicted octanol–water partition coefficient (Wildman–Crippen LogP) is 3.25. The molecule has 1 nitrogen and oxygen atoms in total. The molecule has 1 aromatic carbocycles. The lowest BCUT2D eigenvalue weighted by Crippen LogP contribution is -2.37. The average Bonchev–Trinajstić information content (AvgIpc) is 2.28. The Kier molecular flexibility index (Phi) is 1.50. The van der Waals surface area contributed by atoms with Crippen molar-refractivity contribution in [3.05, 3.63) is 53.6 Å². The Morgan fingerprint density at radius 2 is 1.69 bits per heavy atom. The van der Waals surface area contributed by atoms with Crippen LogP contribution in [-0.4, -0.2) is 7.11 Å². The fourth-order valence-corrected chi connectivity index (χ4v) is 3.57. The van der Waals surface area contributed by atoms with Gasteiger partial charge in [-0.25, -0.2) is 0 Å². The lowest BCUT2D eigenvalue weighted by Gasteiger charge is -2.48. The van der Waals surface area contributed by atoms with Crippen molar-refractivity contribution in [2.24, 2.45) is 11.8 Å². The molecule has 0 heterocycles. The van der Waals surface area contributed by atoms with Gasteiger partial charge in [-0.15, -0.1) is 0 Å². The first-order valence-corrected chi connectivity index (χ1v) is 5.93. The van der Waals surface area contributed by atoms with Gasteiger partial charge in [-0.2, -0.15) is 0 Å². The quantitative estimate of drug-likeness (QED) is 0.646. The van der Waals surface area contributed by atoms with E-state index in [1.807, 2.05) is 0 Å². The largest absolute Gasteiger partial charge is 0.496 e. The van der Waals surface area contributed by atoms with E-state index in [0.29, 0.717) is 11.8 Å². The number of benzene rings is 1. The summed E-state index contributed by atoms with van der Waals surface area (Å²) in [5.74, 6) is 3.67. The maximum Gasteiger partial charge on any atom is 0.122 e. The van der Waals surface area contributed by atoms with Gasteiger partial charge in [-0.05, 0) is 23.5 Å². The lowest BCUT2D eigenvalue weighted by molar-refractivity contribution is 0.305. The summed E-state index contributed by atoms with van der Waals surface area (Å²) in [6.07, 6.45) is 9.49. The second-order valence-corrected chi connectivity index (χ2v) is 4.94. The van der Waals surface area contributed by atoms with Crippen LogP contribution >= 0.6 is 0 Å². The van der Waals surface area contributed by atoms with Gasteiger partial charge < -0.3 is 4.74 Å². The Morgan fingerprint density at radius 3 is 2.44 bits per heavy atom. The van der Waals surface area contributed by atoms with Crippen LogP contribution in [0.15, 0.2) is 42.5 Å². The molecule has 0 saturated carbocycles. The Labute approximate surface area is 95.4 Å². The molecule has 80 valence electrons. The predicted molar refractivity (Wildman–Crippen MR) is 63.7 cm³/mol. The Hall–Kier alpha value is -1.50. The summed E-state index contributed by atoms with van der Waals surface area (Å²) in [4.78, 5) is 0. The third-order valence-electron chi connectivity index (χ3n) is 4.37. The fourth-order valence-electron chi connectivity index (χ4n) is 3.57. The van der Waals surface area contributed by atoms with E-state index in [2.05, 4.69) is 42.5 Å². The summed E-state index contributed by atoms with van der Waals surface area (Å²) in [5.41, 5.74) is 2.92. The smallest absolute Gasteiger partial charge is 0.122 e. The summed E-state index contributed by atoms with van der Waals surface area (Å²) in [6, 6.07) is 6.47. The van der Waals surface area contributed by atoms with Crippen LogP contribution in [-0.2, 0) is 0 Å². The van der Waals surface area contributed by atoms with Gasteiger partial charge in [-0.1, -0.05) is 36.4 Å². The van der Waals surface area contributed by atoms with Crippen molar-refractivity contribution in [3.63, 3.8) is 0 Å². The molecule has 0 N–H and O–H groups in total. The Morgan fingerprint density at radius 1 is 0.938 bits per heavy atom. The monoisotopic (exact) mass is 210 g/mol. The van der Waals surface area contributed by atoms with Crippen molar-refractivity contribution >= 4 is 0 Å². The Balaban J connectivity index is 1.97. The summed E-state index contributed by atoms with van der Waals surface area (Å²) >= 11 is 0. The van der Waals surface area contributed by atoms with Crippen molar-refractivity contribution in [2.45, 2.75) is 11.8 Å². The number of hydrogen-bond acceptors (Lipinski definition) is 1. The first kappa shape index (κ1) is 8.63. The van der Waals surface area contributed by atoms with E-state index >= 15 is 0 Å².